The van der Waals surface area contributed by atoms with Crippen LogP contribution in [0.5, 0.6) is 17.2 Å². The molecule has 0 fully saturated rings. The summed E-state index contributed by atoms with van der Waals surface area (Å²) in [5.41, 5.74) is 1.10. The fraction of sp³-hybridized carbons (Fsp3) is 0.238. The number of benzene rings is 2. The van der Waals surface area contributed by atoms with E-state index in [0.717, 1.165) is 0 Å². The Morgan fingerprint density at radius 2 is 2.00 bits per heavy atom. The number of hydrogen-bond acceptors (Lipinski definition) is 7. The van der Waals surface area contributed by atoms with Crippen LogP contribution in [0.1, 0.15) is 5.56 Å². The highest BCUT2D eigenvalue weighted by Gasteiger charge is 2.21. The summed E-state index contributed by atoms with van der Waals surface area (Å²) in [5.74, 6) is 0.398. The summed E-state index contributed by atoms with van der Waals surface area (Å²) in [7, 11) is 0. The van der Waals surface area contributed by atoms with E-state index in [0.29, 0.717) is 34.6 Å². The second-order valence-electron chi connectivity index (χ2n) is 6.58. The number of hydrogen-bond donors (Lipinski definition) is 2. The molecule has 0 unspecified atom stereocenters. The lowest BCUT2D eigenvalue weighted by Crippen LogP contribution is -2.42. The van der Waals surface area contributed by atoms with E-state index in [1.54, 1.807) is 12.1 Å². The SMILES string of the molecule is O=C(COC(=O)Cc1coc2cc(O)ccc12)NC[C@H]1COc2ccccc2O1. The van der Waals surface area contributed by atoms with Gasteiger partial charge in [0.2, 0.25) is 0 Å². The number of phenolic OH excluding ortho intramolecular Hbond substituents is 1. The highest BCUT2D eigenvalue weighted by Crippen LogP contribution is 2.30. The zero-order chi connectivity index (χ0) is 20.2. The molecule has 0 saturated heterocycles. The third kappa shape index (κ3) is 4.43. The van der Waals surface area contributed by atoms with E-state index >= 15 is 0 Å². The number of fused-ring (bicyclic) bond motifs is 2. The van der Waals surface area contributed by atoms with Crippen molar-refractivity contribution in [3.8, 4) is 17.2 Å². The molecule has 3 aromatic rings. The number of amides is 1. The van der Waals surface area contributed by atoms with Gasteiger partial charge >= 0.3 is 5.97 Å². The fourth-order valence-corrected chi connectivity index (χ4v) is 3.00. The maximum absolute atomic E-state index is 12.0. The summed E-state index contributed by atoms with van der Waals surface area (Å²) in [6.45, 7) is 0.167. The van der Waals surface area contributed by atoms with Crippen molar-refractivity contribution in [3.63, 3.8) is 0 Å². The van der Waals surface area contributed by atoms with Crippen LogP contribution >= 0.6 is 0 Å². The Labute approximate surface area is 166 Å². The van der Waals surface area contributed by atoms with Crippen LogP contribution in [0.4, 0.5) is 0 Å². The molecule has 2 heterocycles. The number of carbonyl (C=O) groups excluding carboxylic acids is 2. The van der Waals surface area contributed by atoms with Crippen molar-refractivity contribution in [1.29, 1.82) is 0 Å². The van der Waals surface area contributed by atoms with Gasteiger partial charge < -0.3 is 29.1 Å². The van der Waals surface area contributed by atoms with Crippen molar-refractivity contribution >= 4 is 22.8 Å². The third-order valence-corrected chi connectivity index (χ3v) is 4.43. The molecule has 1 aromatic heterocycles. The summed E-state index contributed by atoms with van der Waals surface area (Å²) < 4.78 is 21.7. The summed E-state index contributed by atoms with van der Waals surface area (Å²) in [6.07, 6.45) is 1.07. The van der Waals surface area contributed by atoms with Gasteiger partial charge in [-0.15, -0.1) is 0 Å². The van der Waals surface area contributed by atoms with Gasteiger partial charge in [0.25, 0.3) is 5.91 Å². The number of aromatic hydroxyl groups is 1. The molecule has 0 spiro atoms. The zero-order valence-electron chi connectivity index (χ0n) is 15.4. The van der Waals surface area contributed by atoms with E-state index < -0.39 is 11.9 Å². The van der Waals surface area contributed by atoms with Crippen molar-refractivity contribution in [1.82, 2.24) is 5.32 Å². The fourth-order valence-electron chi connectivity index (χ4n) is 3.00. The van der Waals surface area contributed by atoms with Gasteiger partial charge in [-0.1, -0.05) is 12.1 Å². The standard InChI is InChI=1S/C21H19NO7/c23-14-5-6-16-13(10-26-19(16)8-14)7-21(25)28-12-20(24)22-9-15-11-27-17-3-1-2-4-18(17)29-15/h1-6,8,10,15,23H,7,9,11-12H2,(H,22,24)/t15-/m0/s1. The Bertz CT molecular complexity index is 1040. The van der Waals surface area contributed by atoms with Gasteiger partial charge in [0.05, 0.1) is 19.2 Å². The molecule has 1 amide bonds. The number of ether oxygens (including phenoxy) is 3. The molecule has 0 aliphatic carbocycles. The minimum absolute atomic E-state index is 0.0403. The number of rotatable bonds is 6. The van der Waals surface area contributed by atoms with Crippen LogP contribution < -0.4 is 14.8 Å². The van der Waals surface area contributed by atoms with E-state index in [1.165, 1.54) is 18.4 Å². The van der Waals surface area contributed by atoms with Gasteiger partial charge in [-0.2, -0.15) is 0 Å². The first-order valence-corrected chi connectivity index (χ1v) is 9.08. The molecule has 0 bridgehead atoms. The van der Waals surface area contributed by atoms with E-state index in [4.69, 9.17) is 18.6 Å². The van der Waals surface area contributed by atoms with E-state index in [2.05, 4.69) is 5.32 Å². The number of carbonyl (C=O) groups is 2. The molecule has 2 N–H and O–H groups in total. The van der Waals surface area contributed by atoms with E-state index in [1.807, 2.05) is 18.2 Å². The molecule has 0 saturated carbocycles. The first kappa shape index (κ1) is 18.7. The highest BCUT2D eigenvalue weighted by atomic mass is 16.6. The smallest absolute Gasteiger partial charge is 0.310 e. The lowest BCUT2D eigenvalue weighted by Gasteiger charge is -2.26. The summed E-state index contributed by atoms with van der Waals surface area (Å²) in [5, 5.41) is 12.8. The number of furan rings is 1. The molecule has 4 rings (SSSR count). The lowest BCUT2D eigenvalue weighted by molar-refractivity contribution is -0.148. The Morgan fingerprint density at radius 1 is 1.17 bits per heavy atom. The van der Waals surface area contributed by atoms with Crippen molar-refractivity contribution in [3.05, 3.63) is 54.3 Å². The number of nitrogens with one attached hydrogen (secondary N) is 1. The number of para-hydroxylation sites is 2. The van der Waals surface area contributed by atoms with Gasteiger partial charge in [-0.25, -0.2) is 0 Å². The predicted octanol–water partition coefficient (Wildman–Crippen LogP) is 2.18. The molecule has 29 heavy (non-hydrogen) atoms. The number of esters is 1. The predicted molar refractivity (Wildman–Crippen MR) is 102 cm³/mol. The zero-order valence-corrected chi connectivity index (χ0v) is 15.4. The van der Waals surface area contributed by atoms with Crippen molar-refractivity contribution < 1.29 is 33.3 Å². The molecule has 150 valence electrons. The average Bonchev–Trinajstić information content (AvgIpc) is 3.12. The maximum atomic E-state index is 12.0. The average molecular weight is 397 g/mol. The van der Waals surface area contributed by atoms with Crippen LogP contribution in [0.15, 0.2) is 53.1 Å². The molecule has 8 nitrogen and oxygen atoms in total. The molecule has 0 radical (unpaired) electrons. The Hall–Kier alpha value is -3.68. The second-order valence-corrected chi connectivity index (χ2v) is 6.58. The molecule has 1 aliphatic rings. The van der Waals surface area contributed by atoms with Crippen LogP contribution in [-0.4, -0.2) is 42.8 Å². The van der Waals surface area contributed by atoms with Crippen LogP contribution in [0.3, 0.4) is 0 Å². The third-order valence-electron chi connectivity index (χ3n) is 4.43. The van der Waals surface area contributed by atoms with Gasteiger partial charge in [0.1, 0.15) is 24.0 Å². The molecular formula is C21H19NO7. The van der Waals surface area contributed by atoms with Gasteiger partial charge in [0.15, 0.2) is 18.1 Å². The van der Waals surface area contributed by atoms with Crippen molar-refractivity contribution in [2.75, 3.05) is 19.8 Å². The van der Waals surface area contributed by atoms with E-state index in [9.17, 15) is 14.7 Å². The van der Waals surface area contributed by atoms with E-state index in [-0.39, 0.29) is 31.4 Å². The van der Waals surface area contributed by atoms with Gasteiger partial charge in [-0.3, -0.25) is 9.59 Å². The Kier molecular flexibility index (Phi) is 5.24. The van der Waals surface area contributed by atoms with Crippen molar-refractivity contribution in [2.45, 2.75) is 12.5 Å². The van der Waals surface area contributed by atoms with Gasteiger partial charge in [-0.05, 0) is 24.3 Å². The molecule has 2 aromatic carbocycles. The van der Waals surface area contributed by atoms with Crippen LogP contribution in [0.25, 0.3) is 11.0 Å². The normalized spacial score (nSPS) is 15.1. The quantitative estimate of drug-likeness (QED) is 0.614. The maximum Gasteiger partial charge on any atom is 0.310 e. The number of phenols is 1. The van der Waals surface area contributed by atoms with Crippen LogP contribution in [0.2, 0.25) is 0 Å². The lowest BCUT2D eigenvalue weighted by atomic mass is 10.1. The Morgan fingerprint density at radius 3 is 2.86 bits per heavy atom. The summed E-state index contributed by atoms with van der Waals surface area (Å²) >= 11 is 0. The second kappa shape index (κ2) is 8.14. The Balaban J connectivity index is 1.22. The summed E-state index contributed by atoms with van der Waals surface area (Å²) in [4.78, 5) is 24.0. The van der Waals surface area contributed by atoms with Gasteiger partial charge in [0, 0.05) is 17.0 Å². The molecule has 1 atom stereocenters. The summed E-state index contributed by atoms with van der Waals surface area (Å²) in [6, 6.07) is 11.9. The minimum atomic E-state index is -0.554. The minimum Gasteiger partial charge on any atom is -0.508 e. The first-order valence-electron chi connectivity index (χ1n) is 9.08. The monoisotopic (exact) mass is 397 g/mol. The van der Waals surface area contributed by atoms with Crippen molar-refractivity contribution in [2.24, 2.45) is 0 Å². The molecular weight excluding hydrogens is 378 g/mol. The van der Waals surface area contributed by atoms with Crippen LogP contribution in [0, 0.1) is 0 Å². The first-order chi connectivity index (χ1) is 14.1. The van der Waals surface area contributed by atoms with Crippen LogP contribution in [-0.2, 0) is 20.7 Å². The molecule has 1 aliphatic heterocycles. The molecule has 8 heteroatoms. The largest absolute Gasteiger partial charge is 0.508 e. The highest BCUT2D eigenvalue weighted by molar-refractivity contribution is 5.87. The topological polar surface area (TPSA) is 107 Å².